The minimum Gasteiger partial charge on any atom is -0.384 e. The van der Waals surface area contributed by atoms with E-state index < -0.39 is 11.6 Å². The minimum absolute atomic E-state index is 0.0398. The Balaban J connectivity index is 2.43. The van der Waals surface area contributed by atoms with Gasteiger partial charge in [-0.05, 0) is 23.3 Å². The van der Waals surface area contributed by atoms with E-state index in [9.17, 15) is 8.78 Å². The lowest BCUT2D eigenvalue weighted by Crippen LogP contribution is -2.10. The fraction of sp³-hybridized carbons (Fsp3) is 0. The highest BCUT2D eigenvalue weighted by Gasteiger charge is 2.03. The summed E-state index contributed by atoms with van der Waals surface area (Å²) in [6, 6.07) is 9.96. The number of hydrogen-bond acceptors (Lipinski definition) is 1. The van der Waals surface area contributed by atoms with Crippen LogP contribution < -0.4 is 5.73 Å². The predicted octanol–water partition coefficient (Wildman–Crippen LogP) is 2.92. The van der Waals surface area contributed by atoms with E-state index in [0.717, 1.165) is 6.07 Å². The molecule has 2 aromatic rings. The third kappa shape index (κ3) is 2.47. The van der Waals surface area contributed by atoms with Gasteiger partial charge < -0.3 is 5.73 Å². The molecule has 0 amide bonds. The molecule has 0 aromatic heterocycles. The SMILES string of the molecule is N=C(N)c1ccc(-c2cc(F)cc(F)c2)cc1. The van der Waals surface area contributed by atoms with E-state index in [4.69, 9.17) is 11.1 Å². The van der Waals surface area contributed by atoms with Crippen LogP contribution >= 0.6 is 0 Å². The number of hydrogen-bond donors (Lipinski definition) is 2. The first-order valence-electron chi connectivity index (χ1n) is 4.97. The van der Waals surface area contributed by atoms with Crippen molar-refractivity contribution >= 4 is 5.84 Å². The van der Waals surface area contributed by atoms with Gasteiger partial charge in [-0.1, -0.05) is 24.3 Å². The summed E-state index contributed by atoms with van der Waals surface area (Å²) in [5, 5.41) is 7.24. The maximum absolute atomic E-state index is 13.0. The average molecular weight is 232 g/mol. The number of halogens is 2. The van der Waals surface area contributed by atoms with Crippen LogP contribution in [0.2, 0.25) is 0 Å². The molecule has 0 bridgehead atoms. The molecule has 0 spiro atoms. The largest absolute Gasteiger partial charge is 0.384 e. The molecule has 3 N–H and O–H groups in total. The zero-order valence-electron chi connectivity index (χ0n) is 8.87. The van der Waals surface area contributed by atoms with E-state index in [0.29, 0.717) is 16.7 Å². The van der Waals surface area contributed by atoms with Crippen LogP contribution in [0.5, 0.6) is 0 Å². The van der Waals surface area contributed by atoms with Crippen LogP contribution in [0, 0.1) is 17.0 Å². The van der Waals surface area contributed by atoms with E-state index in [1.165, 1.54) is 12.1 Å². The van der Waals surface area contributed by atoms with Gasteiger partial charge in [0.2, 0.25) is 0 Å². The summed E-state index contributed by atoms with van der Waals surface area (Å²) < 4.78 is 26.1. The zero-order valence-corrected chi connectivity index (χ0v) is 8.87. The Kier molecular flexibility index (Phi) is 2.87. The van der Waals surface area contributed by atoms with Gasteiger partial charge in [0.15, 0.2) is 0 Å². The third-order valence-electron chi connectivity index (χ3n) is 2.39. The van der Waals surface area contributed by atoms with Crippen molar-refractivity contribution in [3.05, 3.63) is 59.7 Å². The van der Waals surface area contributed by atoms with Gasteiger partial charge in [0.05, 0.1) is 0 Å². The number of nitrogen functional groups attached to an aromatic ring is 1. The molecule has 0 aliphatic heterocycles. The highest BCUT2D eigenvalue weighted by atomic mass is 19.1. The van der Waals surface area contributed by atoms with Gasteiger partial charge in [0.1, 0.15) is 17.5 Å². The first-order chi connectivity index (χ1) is 8.06. The molecule has 2 nitrogen and oxygen atoms in total. The summed E-state index contributed by atoms with van der Waals surface area (Å²) in [4.78, 5) is 0. The number of rotatable bonds is 2. The average Bonchev–Trinajstić information content (AvgIpc) is 2.28. The van der Waals surface area contributed by atoms with Crippen LogP contribution in [0.25, 0.3) is 11.1 Å². The highest BCUT2D eigenvalue weighted by molar-refractivity contribution is 5.95. The van der Waals surface area contributed by atoms with E-state index in [-0.39, 0.29) is 5.84 Å². The van der Waals surface area contributed by atoms with Gasteiger partial charge in [-0.25, -0.2) is 8.78 Å². The molecule has 0 aliphatic carbocycles. The van der Waals surface area contributed by atoms with Crippen LogP contribution in [0.1, 0.15) is 5.56 Å². The molecule has 17 heavy (non-hydrogen) atoms. The second-order valence-corrected chi connectivity index (χ2v) is 3.65. The van der Waals surface area contributed by atoms with Crippen molar-refractivity contribution in [2.45, 2.75) is 0 Å². The predicted molar refractivity (Wildman–Crippen MR) is 62.8 cm³/mol. The molecule has 0 radical (unpaired) electrons. The summed E-state index contributed by atoms with van der Waals surface area (Å²) in [5.74, 6) is -1.27. The van der Waals surface area contributed by atoms with E-state index in [1.54, 1.807) is 24.3 Å². The zero-order chi connectivity index (χ0) is 12.4. The van der Waals surface area contributed by atoms with Crippen molar-refractivity contribution in [2.24, 2.45) is 5.73 Å². The van der Waals surface area contributed by atoms with Crippen LogP contribution in [0.15, 0.2) is 42.5 Å². The van der Waals surface area contributed by atoms with Gasteiger partial charge in [-0.15, -0.1) is 0 Å². The molecule has 2 aromatic carbocycles. The first-order valence-corrected chi connectivity index (χ1v) is 4.97. The fourth-order valence-electron chi connectivity index (χ4n) is 1.56. The summed E-state index contributed by atoms with van der Waals surface area (Å²) in [6.07, 6.45) is 0. The molecule has 0 saturated heterocycles. The van der Waals surface area contributed by atoms with Crippen LogP contribution in [0.4, 0.5) is 8.78 Å². The quantitative estimate of drug-likeness (QED) is 0.607. The van der Waals surface area contributed by atoms with Crippen molar-refractivity contribution in [2.75, 3.05) is 0 Å². The first kappa shape index (κ1) is 11.3. The molecule has 0 fully saturated rings. The molecule has 0 aliphatic rings. The lowest BCUT2D eigenvalue weighted by atomic mass is 10.0. The number of benzene rings is 2. The second-order valence-electron chi connectivity index (χ2n) is 3.65. The second kappa shape index (κ2) is 4.33. The van der Waals surface area contributed by atoms with Gasteiger partial charge in [-0.3, -0.25) is 5.41 Å². The van der Waals surface area contributed by atoms with Crippen molar-refractivity contribution < 1.29 is 8.78 Å². The Labute approximate surface area is 97.2 Å². The van der Waals surface area contributed by atoms with E-state index in [2.05, 4.69) is 0 Å². The van der Waals surface area contributed by atoms with Crippen molar-refractivity contribution in [3.63, 3.8) is 0 Å². The van der Waals surface area contributed by atoms with Crippen molar-refractivity contribution in [1.82, 2.24) is 0 Å². The third-order valence-corrected chi connectivity index (χ3v) is 2.39. The molecular formula is C13H10F2N2. The summed E-state index contributed by atoms with van der Waals surface area (Å²) >= 11 is 0. The van der Waals surface area contributed by atoms with Crippen LogP contribution in [-0.2, 0) is 0 Å². The summed E-state index contributed by atoms with van der Waals surface area (Å²) in [7, 11) is 0. The molecule has 0 heterocycles. The molecule has 4 heteroatoms. The van der Waals surface area contributed by atoms with E-state index in [1.807, 2.05) is 0 Å². The van der Waals surface area contributed by atoms with Gasteiger partial charge >= 0.3 is 0 Å². The Hall–Kier alpha value is -2.23. The molecule has 86 valence electrons. The Morgan fingerprint density at radius 1 is 0.882 bits per heavy atom. The van der Waals surface area contributed by atoms with Gasteiger partial charge in [0, 0.05) is 11.6 Å². The standard InChI is InChI=1S/C13H10F2N2/c14-11-5-10(6-12(15)7-11)8-1-3-9(4-2-8)13(16)17/h1-7H,(H3,16,17). The van der Waals surface area contributed by atoms with Gasteiger partial charge in [-0.2, -0.15) is 0 Å². The minimum atomic E-state index is -0.615. The number of nitrogens with two attached hydrogens (primary N) is 1. The van der Waals surface area contributed by atoms with E-state index >= 15 is 0 Å². The summed E-state index contributed by atoms with van der Waals surface area (Å²) in [5.41, 5.74) is 7.02. The van der Waals surface area contributed by atoms with Crippen LogP contribution in [0.3, 0.4) is 0 Å². The lowest BCUT2D eigenvalue weighted by molar-refractivity contribution is 0.584. The fourth-order valence-corrected chi connectivity index (χ4v) is 1.56. The molecule has 0 atom stereocenters. The maximum Gasteiger partial charge on any atom is 0.126 e. The number of amidine groups is 1. The topological polar surface area (TPSA) is 49.9 Å². The Morgan fingerprint density at radius 3 is 1.88 bits per heavy atom. The lowest BCUT2D eigenvalue weighted by Gasteiger charge is -2.04. The normalized spacial score (nSPS) is 10.2. The monoisotopic (exact) mass is 232 g/mol. The molecule has 2 rings (SSSR count). The van der Waals surface area contributed by atoms with Crippen molar-refractivity contribution in [1.29, 1.82) is 5.41 Å². The smallest absolute Gasteiger partial charge is 0.126 e. The summed E-state index contributed by atoms with van der Waals surface area (Å²) in [6.45, 7) is 0. The molecule has 0 unspecified atom stereocenters. The Morgan fingerprint density at radius 2 is 1.41 bits per heavy atom. The number of nitrogens with one attached hydrogen (secondary N) is 1. The molecular weight excluding hydrogens is 222 g/mol. The van der Waals surface area contributed by atoms with Crippen molar-refractivity contribution in [3.8, 4) is 11.1 Å². The van der Waals surface area contributed by atoms with Gasteiger partial charge in [0.25, 0.3) is 0 Å². The Bertz CT molecular complexity index is 542. The maximum atomic E-state index is 13.0. The van der Waals surface area contributed by atoms with Crippen LogP contribution in [-0.4, -0.2) is 5.84 Å². The molecule has 0 saturated carbocycles. The highest BCUT2D eigenvalue weighted by Crippen LogP contribution is 2.21.